The molecule has 1 spiro atoms. The number of hydrogen-bond donors (Lipinski definition) is 5. The van der Waals surface area contributed by atoms with E-state index in [1.165, 1.54) is 16.7 Å². The van der Waals surface area contributed by atoms with Gasteiger partial charge in [0.1, 0.15) is 5.69 Å². The molecule has 1 unspecified atom stereocenters. The first-order chi connectivity index (χ1) is 27.8. The first-order valence-corrected chi connectivity index (χ1v) is 19.9. The van der Waals surface area contributed by atoms with E-state index in [9.17, 15) is 25.5 Å². The minimum atomic E-state index is -1.01. The second-order valence-electron chi connectivity index (χ2n) is 17.6. The second kappa shape index (κ2) is 12.2. The second-order valence-corrected chi connectivity index (χ2v) is 17.6. The molecular formula is C52H45NO5. The zero-order valence-electron chi connectivity index (χ0n) is 33.0. The highest BCUT2D eigenvalue weighted by molar-refractivity contribution is 6.00. The fourth-order valence-electron chi connectivity index (χ4n) is 11.4. The van der Waals surface area contributed by atoms with Crippen LogP contribution in [0.4, 0.5) is 17.1 Å². The largest absolute Gasteiger partial charge is 0.503 e. The molecule has 58 heavy (non-hydrogen) atoms. The molecule has 7 aromatic rings. The summed E-state index contributed by atoms with van der Waals surface area (Å²) in [6, 6.07) is 50.4. The molecular weight excluding hydrogens is 719 g/mol. The quantitative estimate of drug-likeness (QED) is 0.0883. The van der Waals surface area contributed by atoms with E-state index in [2.05, 4.69) is 137 Å². The van der Waals surface area contributed by atoms with E-state index in [0.29, 0.717) is 11.4 Å². The molecule has 0 aromatic heterocycles. The van der Waals surface area contributed by atoms with Crippen molar-refractivity contribution in [3.05, 3.63) is 190 Å². The highest BCUT2D eigenvalue weighted by Gasteiger charge is 2.56. The monoisotopic (exact) mass is 763 g/mol. The van der Waals surface area contributed by atoms with Crippen LogP contribution in [0.3, 0.4) is 0 Å². The molecule has 0 fully saturated rings. The summed E-state index contributed by atoms with van der Waals surface area (Å²) < 4.78 is 0. The average molecular weight is 764 g/mol. The molecule has 0 bridgehead atoms. The van der Waals surface area contributed by atoms with Gasteiger partial charge in [-0.2, -0.15) is 0 Å². The highest BCUT2D eigenvalue weighted by Crippen LogP contribution is 2.66. The third-order valence-electron chi connectivity index (χ3n) is 13.4. The molecule has 5 N–H and O–H groups in total. The number of anilines is 3. The lowest BCUT2D eigenvalue weighted by Gasteiger charge is -2.34. The SMILES string of the molecule is CC1(C)CC2(CC(C)(C)c3cc(N(c4cccc5c4-c4ccccc4C5(c4ccccc4)c4ccccc4)c4c(O)c(O)c(O)c(O)c4O)ccc32)c2ccccc21. The molecule has 288 valence electrons. The first kappa shape index (κ1) is 35.7. The van der Waals surface area contributed by atoms with E-state index < -0.39 is 34.2 Å². The van der Waals surface area contributed by atoms with E-state index in [-0.39, 0.29) is 21.9 Å². The molecule has 6 nitrogen and oxygen atoms in total. The molecule has 0 saturated heterocycles. The Balaban J connectivity index is 1.29. The summed E-state index contributed by atoms with van der Waals surface area (Å²) in [6.45, 7) is 9.21. The van der Waals surface area contributed by atoms with Gasteiger partial charge in [-0.1, -0.05) is 155 Å². The van der Waals surface area contributed by atoms with Crippen molar-refractivity contribution in [1.82, 2.24) is 0 Å². The predicted molar refractivity (Wildman–Crippen MR) is 229 cm³/mol. The van der Waals surface area contributed by atoms with Crippen LogP contribution < -0.4 is 4.90 Å². The van der Waals surface area contributed by atoms with Crippen LogP contribution in [0.15, 0.2) is 146 Å². The molecule has 10 rings (SSSR count). The van der Waals surface area contributed by atoms with Crippen LogP contribution in [-0.2, 0) is 21.7 Å². The first-order valence-electron chi connectivity index (χ1n) is 19.9. The van der Waals surface area contributed by atoms with Crippen LogP contribution in [0.5, 0.6) is 28.7 Å². The van der Waals surface area contributed by atoms with Crippen LogP contribution in [0.1, 0.15) is 85.0 Å². The molecule has 1 atom stereocenters. The third kappa shape index (κ3) is 4.60. The van der Waals surface area contributed by atoms with Gasteiger partial charge in [0.2, 0.25) is 17.2 Å². The number of hydrogen-bond acceptors (Lipinski definition) is 6. The van der Waals surface area contributed by atoms with Gasteiger partial charge in [-0.05, 0) is 91.9 Å². The average Bonchev–Trinajstić information content (AvgIpc) is 3.76. The van der Waals surface area contributed by atoms with Crippen molar-refractivity contribution in [2.45, 2.75) is 62.2 Å². The van der Waals surface area contributed by atoms with Crippen molar-refractivity contribution in [2.24, 2.45) is 0 Å². The Bertz CT molecular complexity index is 2740. The molecule has 0 radical (unpaired) electrons. The predicted octanol–water partition coefficient (Wildman–Crippen LogP) is 11.7. The normalized spacial score (nSPS) is 18.7. The zero-order valence-corrected chi connectivity index (χ0v) is 33.0. The van der Waals surface area contributed by atoms with Crippen molar-refractivity contribution in [3.8, 4) is 39.9 Å². The smallest absolute Gasteiger partial charge is 0.208 e. The van der Waals surface area contributed by atoms with Crippen LogP contribution in [-0.4, -0.2) is 25.5 Å². The van der Waals surface area contributed by atoms with Gasteiger partial charge in [0.25, 0.3) is 0 Å². The number of phenols is 5. The van der Waals surface area contributed by atoms with Crippen molar-refractivity contribution in [3.63, 3.8) is 0 Å². The Morgan fingerprint density at radius 2 is 0.914 bits per heavy atom. The van der Waals surface area contributed by atoms with Gasteiger partial charge in [-0.15, -0.1) is 0 Å². The molecule has 0 aliphatic heterocycles. The van der Waals surface area contributed by atoms with Crippen molar-refractivity contribution in [2.75, 3.05) is 4.90 Å². The fraction of sp³-hybridized carbons (Fsp3) is 0.192. The Morgan fingerprint density at radius 3 is 1.53 bits per heavy atom. The Labute approximate surface area is 338 Å². The molecule has 7 aromatic carbocycles. The van der Waals surface area contributed by atoms with E-state index in [1.54, 1.807) is 4.90 Å². The van der Waals surface area contributed by atoms with E-state index in [1.807, 2.05) is 36.4 Å². The summed E-state index contributed by atoms with van der Waals surface area (Å²) >= 11 is 0. The van der Waals surface area contributed by atoms with Gasteiger partial charge in [0.05, 0.1) is 11.1 Å². The highest BCUT2D eigenvalue weighted by atomic mass is 16.4. The maximum Gasteiger partial charge on any atom is 0.208 e. The lowest BCUT2D eigenvalue weighted by atomic mass is 9.68. The summed E-state index contributed by atoms with van der Waals surface area (Å²) in [5.41, 5.74) is 10.9. The molecule has 0 amide bonds. The summed E-state index contributed by atoms with van der Waals surface area (Å²) in [5.74, 6) is -4.41. The van der Waals surface area contributed by atoms with Gasteiger partial charge in [-0.25, -0.2) is 0 Å². The minimum absolute atomic E-state index is 0.0281. The lowest BCUT2D eigenvalue weighted by Crippen LogP contribution is -2.28. The number of rotatable bonds is 5. The van der Waals surface area contributed by atoms with E-state index in [0.717, 1.165) is 51.8 Å². The fourth-order valence-corrected chi connectivity index (χ4v) is 11.4. The van der Waals surface area contributed by atoms with Crippen LogP contribution in [0.25, 0.3) is 11.1 Å². The van der Waals surface area contributed by atoms with Crippen molar-refractivity contribution >= 4 is 17.1 Å². The standard InChI is InChI=1S/C52H45NO5/c1-49(2)29-51(37-23-14-13-22-36(37)49)30-50(3,4)40-28-33(26-27-38(40)51)53(43-44(54)46(56)48(58)47(57)45(43)55)41-25-15-24-39-42(41)34-20-11-12-21-35(34)52(39,31-16-7-5-8-17-31)32-18-9-6-10-19-32/h5-28,54-58H,29-30H2,1-4H3. The minimum Gasteiger partial charge on any atom is -0.503 e. The van der Waals surface area contributed by atoms with Crippen LogP contribution in [0, 0.1) is 0 Å². The molecule has 3 aliphatic rings. The Kier molecular flexibility index (Phi) is 7.50. The van der Waals surface area contributed by atoms with E-state index in [4.69, 9.17) is 0 Å². The van der Waals surface area contributed by atoms with Gasteiger partial charge in [0, 0.05) is 16.7 Å². The number of nitrogens with zero attached hydrogens (tertiary/aromatic N) is 1. The van der Waals surface area contributed by atoms with Gasteiger partial charge in [0.15, 0.2) is 11.5 Å². The molecule has 6 heteroatoms. The van der Waals surface area contributed by atoms with Crippen molar-refractivity contribution < 1.29 is 25.5 Å². The van der Waals surface area contributed by atoms with Crippen molar-refractivity contribution in [1.29, 1.82) is 0 Å². The maximum atomic E-state index is 11.8. The summed E-state index contributed by atoms with van der Waals surface area (Å²) in [6.07, 6.45) is 1.87. The lowest BCUT2D eigenvalue weighted by molar-refractivity contribution is 0.329. The topological polar surface area (TPSA) is 104 Å². The van der Waals surface area contributed by atoms with Gasteiger partial charge >= 0.3 is 0 Å². The molecule has 0 heterocycles. The molecule has 3 aliphatic carbocycles. The molecule has 0 saturated carbocycles. The summed E-state index contributed by atoms with van der Waals surface area (Å²) in [5, 5.41) is 56.4. The van der Waals surface area contributed by atoms with Gasteiger partial charge in [-0.3, -0.25) is 0 Å². The number of aromatic hydroxyl groups is 5. The Hall–Kier alpha value is -6.66. The third-order valence-corrected chi connectivity index (χ3v) is 13.4. The number of benzene rings is 7. The van der Waals surface area contributed by atoms with E-state index >= 15 is 0 Å². The number of phenolic OH excluding ortho intramolecular Hbond substituents is 5. The summed E-state index contributed by atoms with van der Waals surface area (Å²) in [7, 11) is 0. The van der Waals surface area contributed by atoms with Gasteiger partial charge < -0.3 is 30.4 Å². The van der Waals surface area contributed by atoms with Crippen LogP contribution in [0.2, 0.25) is 0 Å². The zero-order chi connectivity index (χ0) is 40.4. The Morgan fingerprint density at radius 1 is 0.431 bits per heavy atom. The summed E-state index contributed by atoms with van der Waals surface area (Å²) in [4.78, 5) is 1.72. The number of fused-ring (bicyclic) bond motifs is 7. The maximum absolute atomic E-state index is 11.8. The van der Waals surface area contributed by atoms with Crippen LogP contribution >= 0.6 is 0 Å².